The number of rotatable bonds is 5. The van der Waals surface area contributed by atoms with Gasteiger partial charge in [0.2, 0.25) is 0 Å². The number of benzene rings is 1. The van der Waals surface area contributed by atoms with E-state index in [9.17, 15) is 22.0 Å². The molecule has 0 N–H and O–H groups in total. The zero-order valence-electron chi connectivity index (χ0n) is 11.9. The summed E-state index contributed by atoms with van der Waals surface area (Å²) in [4.78, 5) is 12.1. The van der Waals surface area contributed by atoms with Crippen LogP contribution in [0.3, 0.4) is 0 Å². The molecule has 3 nitrogen and oxygen atoms in total. The summed E-state index contributed by atoms with van der Waals surface area (Å²) in [6.07, 6.45) is 0. The molecular formula is C14H18F2O3S. The van der Waals surface area contributed by atoms with E-state index >= 15 is 0 Å². The molecule has 1 aromatic rings. The van der Waals surface area contributed by atoms with E-state index in [1.807, 2.05) is 0 Å². The first-order valence-corrected chi connectivity index (χ1v) is 7.92. The smallest absolute Gasteiger partial charge is 0.180 e. The maximum Gasteiger partial charge on any atom is 0.180 e. The topological polar surface area (TPSA) is 51.2 Å². The first-order chi connectivity index (χ1) is 9.09. The quantitative estimate of drug-likeness (QED) is 0.786. The molecule has 20 heavy (non-hydrogen) atoms. The van der Waals surface area contributed by atoms with Gasteiger partial charge in [-0.05, 0) is 38.0 Å². The maximum atomic E-state index is 13.1. The lowest BCUT2D eigenvalue weighted by Gasteiger charge is -2.20. The highest BCUT2D eigenvalue weighted by atomic mass is 32.2. The number of hydrogen-bond acceptors (Lipinski definition) is 3. The van der Waals surface area contributed by atoms with Gasteiger partial charge in [0.25, 0.3) is 0 Å². The van der Waals surface area contributed by atoms with E-state index in [0.717, 1.165) is 18.2 Å². The Morgan fingerprint density at radius 1 is 1.05 bits per heavy atom. The Bertz CT molecular complexity index is 609. The summed E-state index contributed by atoms with van der Waals surface area (Å²) >= 11 is 0. The van der Waals surface area contributed by atoms with E-state index in [0.29, 0.717) is 0 Å². The van der Waals surface area contributed by atoms with E-state index in [-0.39, 0.29) is 11.5 Å². The van der Waals surface area contributed by atoms with Gasteiger partial charge < -0.3 is 0 Å². The van der Waals surface area contributed by atoms with E-state index in [4.69, 9.17) is 0 Å². The van der Waals surface area contributed by atoms with Gasteiger partial charge in [-0.25, -0.2) is 17.2 Å². The zero-order valence-corrected chi connectivity index (χ0v) is 12.7. The zero-order chi connectivity index (χ0) is 15.7. The molecule has 0 bridgehead atoms. The van der Waals surface area contributed by atoms with Gasteiger partial charge in [-0.2, -0.15) is 0 Å². The first kappa shape index (κ1) is 16.8. The summed E-state index contributed by atoms with van der Waals surface area (Å²) in [6.45, 7) is 6.31. The second kappa shape index (κ2) is 5.99. The van der Waals surface area contributed by atoms with Crippen LogP contribution in [-0.4, -0.2) is 24.7 Å². The predicted molar refractivity (Wildman–Crippen MR) is 73.4 cm³/mol. The van der Waals surface area contributed by atoms with Gasteiger partial charge in [-0.15, -0.1) is 0 Å². The largest absolute Gasteiger partial charge is 0.293 e. The Morgan fingerprint density at radius 3 is 2.05 bits per heavy atom. The third-order valence-electron chi connectivity index (χ3n) is 3.52. The fourth-order valence-corrected chi connectivity index (χ4v) is 3.57. The summed E-state index contributed by atoms with van der Waals surface area (Å²) in [5.41, 5.74) is -0.143. The summed E-state index contributed by atoms with van der Waals surface area (Å²) in [6, 6.07) is 2.63. The predicted octanol–water partition coefficient (Wildman–Crippen LogP) is 3.00. The van der Waals surface area contributed by atoms with Crippen LogP contribution < -0.4 is 0 Å². The van der Waals surface area contributed by atoms with Crippen LogP contribution in [0.4, 0.5) is 8.78 Å². The summed E-state index contributed by atoms with van der Waals surface area (Å²) in [7, 11) is -3.67. The lowest BCUT2D eigenvalue weighted by Crippen LogP contribution is -2.36. The van der Waals surface area contributed by atoms with E-state index < -0.39 is 37.8 Å². The van der Waals surface area contributed by atoms with Crippen molar-refractivity contribution in [3.63, 3.8) is 0 Å². The van der Waals surface area contributed by atoms with E-state index in [1.165, 1.54) is 13.8 Å². The number of sulfone groups is 1. The molecule has 6 heteroatoms. The van der Waals surface area contributed by atoms with Crippen molar-refractivity contribution in [2.45, 2.75) is 38.2 Å². The molecule has 112 valence electrons. The standard InChI is InChI=1S/C14H18F2O3S/c1-8(2)9(3)20(18,19)10(4)14(17)11-5-6-12(15)13(16)7-11/h5-10H,1-4H3. The van der Waals surface area contributed by atoms with Crippen LogP contribution in [0.15, 0.2) is 18.2 Å². The van der Waals surface area contributed by atoms with Gasteiger partial charge in [0.05, 0.1) is 5.25 Å². The highest BCUT2D eigenvalue weighted by Gasteiger charge is 2.35. The molecule has 0 aliphatic carbocycles. The Balaban J connectivity index is 3.11. The molecule has 2 unspecified atom stereocenters. The first-order valence-electron chi connectivity index (χ1n) is 6.31. The molecule has 0 aliphatic heterocycles. The molecule has 0 saturated carbocycles. The van der Waals surface area contributed by atoms with Crippen LogP contribution in [0.5, 0.6) is 0 Å². The number of carbonyl (C=O) groups excluding carboxylic acids is 1. The minimum Gasteiger partial charge on any atom is -0.293 e. The van der Waals surface area contributed by atoms with Crippen LogP contribution >= 0.6 is 0 Å². The highest BCUT2D eigenvalue weighted by molar-refractivity contribution is 7.93. The second-order valence-electron chi connectivity index (χ2n) is 5.17. The Kier molecular flexibility index (Phi) is 5.02. The van der Waals surface area contributed by atoms with Crippen molar-refractivity contribution in [2.24, 2.45) is 5.92 Å². The molecule has 0 spiro atoms. The van der Waals surface area contributed by atoms with Crippen molar-refractivity contribution in [1.82, 2.24) is 0 Å². The Hall–Kier alpha value is -1.30. The van der Waals surface area contributed by atoms with Gasteiger partial charge in [-0.3, -0.25) is 4.79 Å². The third kappa shape index (κ3) is 3.23. The fourth-order valence-electron chi connectivity index (χ4n) is 1.73. The number of carbonyl (C=O) groups is 1. The molecular weight excluding hydrogens is 286 g/mol. The van der Waals surface area contributed by atoms with Crippen LogP contribution in [0.25, 0.3) is 0 Å². The summed E-state index contributed by atoms with van der Waals surface area (Å²) in [5.74, 6) is -3.11. The van der Waals surface area contributed by atoms with Gasteiger partial charge >= 0.3 is 0 Å². The van der Waals surface area contributed by atoms with Crippen LogP contribution in [0, 0.1) is 17.6 Å². The molecule has 0 heterocycles. The second-order valence-corrected chi connectivity index (χ2v) is 7.80. The minimum absolute atomic E-state index is 0.139. The molecule has 0 amide bonds. The van der Waals surface area contributed by atoms with Crippen LogP contribution in [0.2, 0.25) is 0 Å². The average molecular weight is 304 g/mol. The molecule has 2 atom stereocenters. The third-order valence-corrected chi connectivity index (χ3v) is 6.30. The van der Waals surface area contributed by atoms with Crippen molar-refractivity contribution in [1.29, 1.82) is 0 Å². The van der Waals surface area contributed by atoms with Gasteiger partial charge in [-0.1, -0.05) is 13.8 Å². The minimum atomic E-state index is -3.67. The van der Waals surface area contributed by atoms with E-state index in [2.05, 4.69) is 0 Å². The maximum absolute atomic E-state index is 13.1. The number of halogens is 2. The summed E-state index contributed by atoms with van der Waals surface area (Å²) < 4.78 is 50.4. The van der Waals surface area contributed by atoms with Gasteiger partial charge in [0.15, 0.2) is 27.3 Å². The van der Waals surface area contributed by atoms with Crippen molar-refractivity contribution >= 4 is 15.6 Å². The number of hydrogen-bond donors (Lipinski definition) is 0. The van der Waals surface area contributed by atoms with Crippen molar-refractivity contribution in [2.75, 3.05) is 0 Å². The molecule has 0 aromatic heterocycles. The Morgan fingerprint density at radius 2 is 1.60 bits per heavy atom. The molecule has 0 aliphatic rings. The SMILES string of the molecule is CC(C)C(C)S(=O)(=O)C(C)C(=O)c1ccc(F)c(F)c1. The monoisotopic (exact) mass is 304 g/mol. The highest BCUT2D eigenvalue weighted by Crippen LogP contribution is 2.20. The van der Waals surface area contributed by atoms with Crippen molar-refractivity contribution < 1.29 is 22.0 Å². The van der Waals surface area contributed by atoms with Crippen LogP contribution in [0.1, 0.15) is 38.1 Å². The molecule has 0 fully saturated rings. The van der Waals surface area contributed by atoms with Crippen LogP contribution in [-0.2, 0) is 9.84 Å². The lowest BCUT2D eigenvalue weighted by atomic mass is 10.1. The van der Waals surface area contributed by atoms with E-state index in [1.54, 1.807) is 13.8 Å². The molecule has 1 aromatic carbocycles. The normalized spacial score (nSPS) is 15.2. The van der Waals surface area contributed by atoms with Crippen molar-refractivity contribution in [3.05, 3.63) is 35.4 Å². The molecule has 0 saturated heterocycles. The lowest BCUT2D eigenvalue weighted by molar-refractivity contribution is 0.0990. The van der Waals surface area contributed by atoms with Gasteiger partial charge in [0, 0.05) is 5.56 Å². The summed E-state index contributed by atoms with van der Waals surface area (Å²) in [5, 5.41) is -1.98. The molecule has 1 rings (SSSR count). The van der Waals surface area contributed by atoms with Crippen molar-refractivity contribution in [3.8, 4) is 0 Å². The fraction of sp³-hybridized carbons (Fsp3) is 0.500. The number of ketones is 1. The molecule has 0 radical (unpaired) electrons. The van der Waals surface area contributed by atoms with Gasteiger partial charge in [0.1, 0.15) is 5.25 Å². The Labute approximate surface area is 117 Å². The number of Topliss-reactive ketones (excluding diaryl/α,β-unsaturated/α-hetero) is 1. The average Bonchev–Trinajstić information content (AvgIpc) is 2.39.